The van der Waals surface area contributed by atoms with Crippen LogP contribution in [-0.2, 0) is 11.2 Å². The smallest absolute Gasteiger partial charge is 0.241 e. The van der Waals surface area contributed by atoms with E-state index >= 15 is 0 Å². The molecule has 5 heteroatoms. The Hall–Kier alpha value is -2.04. The summed E-state index contributed by atoms with van der Waals surface area (Å²) in [6, 6.07) is 16.6. The van der Waals surface area contributed by atoms with Gasteiger partial charge in [0.15, 0.2) is 0 Å². The van der Waals surface area contributed by atoms with E-state index in [0.717, 1.165) is 24.2 Å². The van der Waals surface area contributed by atoms with Gasteiger partial charge in [0.2, 0.25) is 5.91 Å². The van der Waals surface area contributed by atoms with Gasteiger partial charge in [-0.25, -0.2) is 0 Å². The molecule has 1 amide bonds. The molecule has 4 nitrogen and oxygen atoms in total. The van der Waals surface area contributed by atoms with E-state index in [1.54, 1.807) is 0 Å². The molecule has 0 spiro atoms. The van der Waals surface area contributed by atoms with E-state index in [-0.39, 0.29) is 18.3 Å². The zero-order valence-corrected chi connectivity index (χ0v) is 14.7. The first-order chi connectivity index (χ1) is 11.2. The molecule has 0 aliphatic carbocycles. The lowest BCUT2D eigenvalue weighted by atomic mass is 10.1. The number of anilines is 1. The molecular formula is C19H25ClN2O2. The van der Waals surface area contributed by atoms with Gasteiger partial charge in [-0.2, -0.15) is 0 Å². The lowest BCUT2D eigenvalue weighted by molar-refractivity contribution is -0.117. The number of rotatable bonds is 8. The molecule has 0 saturated carbocycles. The van der Waals surface area contributed by atoms with E-state index in [4.69, 9.17) is 10.5 Å². The van der Waals surface area contributed by atoms with Gasteiger partial charge >= 0.3 is 0 Å². The van der Waals surface area contributed by atoms with Gasteiger partial charge in [0, 0.05) is 11.8 Å². The number of nitrogens with one attached hydrogen (secondary N) is 1. The molecular weight excluding hydrogens is 324 g/mol. The molecule has 0 aliphatic heterocycles. The second kappa shape index (κ2) is 10.7. The maximum atomic E-state index is 12.2. The summed E-state index contributed by atoms with van der Waals surface area (Å²) >= 11 is 0. The molecule has 130 valence electrons. The van der Waals surface area contributed by atoms with Crippen LogP contribution in [0.15, 0.2) is 54.6 Å². The largest absolute Gasteiger partial charge is 0.494 e. The number of nitrogens with two attached hydrogens (primary N) is 1. The first-order valence-electron chi connectivity index (χ1n) is 8.02. The first-order valence-corrected chi connectivity index (χ1v) is 8.02. The highest BCUT2D eigenvalue weighted by atomic mass is 35.5. The van der Waals surface area contributed by atoms with Crippen LogP contribution in [0.5, 0.6) is 5.75 Å². The molecule has 0 aliphatic rings. The highest BCUT2D eigenvalue weighted by molar-refractivity contribution is 5.95. The van der Waals surface area contributed by atoms with Gasteiger partial charge in [-0.3, -0.25) is 4.79 Å². The number of amides is 1. The SMILES string of the molecule is CCCCOc1cccc(NC(=O)[C@@H](N)Cc2ccccc2)c1.Cl. The third kappa shape index (κ3) is 6.60. The average molecular weight is 349 g/mol. The molecule has 0 heterocycles. The average Bonchev–Trinajstić information content (AvgIpc) is 2.56. The van der Waals surface area contributed by atoms with Crippen LogP contribution in [0, 0.1) is 0 Å². The Morgan fingerprint density at radius 2 is 1.92 bits per heavy atom. The van der Waals surface area contributed by atoms with E-state index in [0.29, 0.717) is 18.7 Å². The second-order valence-electron chi connectivity index (χ2n) is 5.52. The van der Waals surface area contributed by atoms with Crippen LogP contribution in [0.25, 0.3) is 0 Å². The van der Waals surface area contributed by atoms with Gasteiger partial charge in [-0.15, -0.1) is 12.4 Å². The van der Waals surface area contributed by atoms with E-state index < -0.39 is 6.04 Å². The number of hydrogen-bond donors (Lipinski definition) is 2. The molecule has 0 fully saturated rings. The van der Waals surface area contributed by atoms with Crippen molar-refractivity contribution in [3.63, 3.8) is 0 Å². The van der Waals surface area contributed by atoms with Crippen LogP contribution in [0.3, 0.4) is 0 Å². The number of ether oxygens (including phenoxy) is 1. The maximum absolute atomic E-state index is 12.2. The number of hydrogen-bond acceptors (Lipinski definition) is 3. The van der Waals surface area contributed by atoms with Crippen molar-refractivity contribution in [2.24, 2.45) is 5.73 Å². The minimum atomic E-state index is -0.581. The Balaban J connectivity index is 0.00000288. The zero-order valence-electron chi connectivity index (χ0n) is 13.9. The summed E-state index contributed by atoms with van der Waals surface area (Å²) in [4.78, 5) is 12.2. The minimum Gasteiger partial charge on any atom is -0.494 e. The van der Waals surface area contributed by atoms with E-state index in [2.05, 4.69) is 12.2 Å². The molecule has 0 unspecified atom stereocenters. The molecule has 0 aromatic heterocycles. The van der Waals surface area contributed by atoms with Crippen molar-refractivity contribution in [3.8, 4) is 5.75 Å². The Kier molecular flexibility index (Phi) is 8.90. The van der Waals surface area contributed by atoms with Crippen molar-refractivity contribution in [2.75, 3.05) is 11.9 Å². The van der Waals surface area contributed by atoms with Crippen LogP contribution >= 0.6 is 12.4 Å². The van der Waals surface area contributed by atoms with Crippen molar-refractivity contribution in [1.82, 2.24) is 0 Å². The van der Waals surface area contributed by atoms with Crippen molar-refractivity contribution >= 4 is 24.0 Å². The van der Waals surface area contributed by atoms with Gasteiger partial charge in [0.1, 0.15) is 5.75 Å². The molecule has 24 heavy (non-hydrogen) atoms. The molecule has 2 aromatic carbocycles. The normalized spacial score (nSPS) is 11.2. The monoisotopic (exact) mass is 348 g/mol. The summed E-state index contributed by atoms with van der Waals surface area (Å²) in [6.07, 6.45) is 2.61. The number of halogens is 1. The van der Waals surface area contributed by atoms with Gasteiger partial charge in [0.05, 0.1) is 12.6 Å². The van der Waals surface area contributed by atoms with Crippen LogP contribution < -0.4 is 15.8 Å². The number of carbonyl (C=O) groups is 1. The number of benzene rings is 2. The number of unbranched alkanes of at least 4 members (excludes halogenated alkanes) is 1. The zero-order chi connectivity index (χ0) is 16.5. The third-order valence-corrected chi connectivity index (χ3v) is 3.50. The minimum absolute atomic E-state index is 0. The lowest BCUT2D eigenvalue weighted by Crippen LogP contribution is -2.37. The number of carbonyl (C=O) groups excluding carboxylic acids is 1. The van der Waals surface area contributed by atoms with Crippen molar-refractivity contribution < 1.29 is 9.53 Å². The summed E-state index contributed by atoms with van der Waals surface area (Å²) in [6.45, 7) is 2.80. The van der Waals surface area contributed by atoms with Crippen LogP contribution in [0.2, 0.25) is 0 Å². The fourth-order valence-electron chi connectivity index (χ4n) is 2.19. The van der Waals surface area contributed by atoms with Gasteiger partial charge in [-0.1, -0.05) is 49.7 Å². The van der Waals surface area contributed by atoms with Gasteiger partial charge in [0.25, 0.3) is 0 Å². The quantitative estimate of drug-likeness (QED) is 0.713. The van der Waals surface area contributed by atoms with E-state index in [1.807, 2.05) is 54.6 Å². The first kappa shape index (κ1) is 20.0. The predicted octanol–water partition coefficient (Wildman–Crippen LogP) is 3.80. The molecule has 2 aromatic rings. The van der Waals surface area contributed by atoms with Crippen LogP contribution in [0.4, 0.5) is 5.69 Å². The Morgan fingerprint density at radius 1 is 1.17 bits per heavy atom. The Labute approximate surface area is 149 Å². The summed E-state index contributed by atoms with van der Waals surface area (Å²) in [5.41, 5.74) is 7.74. The molecule has 2 rings (SSSR count). The summed E-state index contributed by atoms with van der Waals surface area (Å²) in [5.74, 6) is 0.562. The topological polar surface area (TPSA) is 64.3 Å². The molecule has 0 saturated heterocycles. The fraction of sp³-hybridized carbons (Fsp3) is 0.316. The molecule has 3 N–H and O–H groups in total. The van der Waals surface area contributed by atoms with Gasteiger partial charge in [-0.05, 0) is 30.5 Å². The Morgan fingerprint density at radius 3 is 2.62 bits per heavy atom. The van der Waals surface area contributed by atoms with Crippen LogP contribution in [-0.4, -0.2) is 18.6 Å². The predicted molar refractivity (Wildman–Crippen MR) is 101 cm³/mol. The summed E-state index contributed by atoms with van der Waals surface area (Å²) in [5, 5.41) is 2.85. The van der Waals surface area contributed by atoms with E-state index in [9.17, 15) is 4.79 Å². The van der Waals surface area contributed by atoms with Crippen molar-refractivity contribution in [2.45, 2.75) is 32.2 Å². The highest BCUT2D eigenvalue weighted by Crippen LogP contribution is 2.18. The van der Waals surface area contributed by atoms with E-state index in [1.165, 1.54) is 0 Å². The highest BCUT2D eigenvalue weighted by Gasteiger charge is 2.14. The molecule has 0 bridgehead atoms. The standard InChI is InChI=1S/C19H24N2O2.ClH/c1-2-3-12-23-17-11-7-10-16(14-17)21-19(22)18(20)13-15-8-5-4-6-9-15;/h4-11,14,18H,2-3,12-13,20H2,1H3,(H,21,22);1H/t18-;/m0./s1. The maximum Gasteiger partial charge on any atom is 0.241 e. The van der Waals surface area contributed by atoms with Crippen molar-refractivity contribution in [1.29, 1.82) is 0 Å². The van der Waals surface area contributed by atoms with Crippen LogP contribution in [0.1, 0.15) is 25.3 Å². The molecule has 0 radical (unpaired) electrons. The lowest BCUT2D eigenvalue weighted by Gasteiger charge is -2.13. The summed E-state index contributed by atoms with van der Waals surface area (Å²) in [7, 11) is 0. The summed E-state index contributed by atoms with van der Waals surface area (Å²) < 4.78 is 5.64. The molecule has 1 atom stereocenters. The van der Waals surface area contributed by atoms with Crippen molar-refractivity contribution in [3.05, 3.63) is 60.2 Å². The fourth-order valence-corrected chi connectivity index (χ4v) is 2.19. The second-order valence-corrected chi connectivity index (χ2v) is 5.52. The third-order valence-electron chi connectivity index (χ3n) is 3.50. The van der Waals surface area contributed by atoms with Gasteiger partial charge < -0.3 is 15.8 Å². The Bertz CT molecular complexity index is 620.